The van der Waals surface area contributed by atoms with Gasteiger partial charge in [-0.1, -0.05) is 137 Å². The molecular formula is C41H41N2OPtSi2-. The average molecular weight is 829 g/mol. The van der Waals surface area contributed by atoms with E-state index in [9.17, 15) is 5.11 Å². The fraction of sp³-hybridized carbons (Fsp3) is 0.220. The molecular weight excluding hydrogens is 788 g/mol. The van der Waals surface area contributed by atoms with Crippen molar-refractivity contribution in [3.8, 4) is 50.6 Å². The Labute approximate surface area is 295 Å². The zero-order chi connectivity index (χ0) is 32.6. The summed E-state index contributed by atoms with van der Waals surface area (Å²) in [4.78, 5) is 10.2. The maximum absolute atomic E-state index is 11.3. The first-order chi connectivity index (χ1) is 21.7. The number of pyridine rings is 2. The molecule has 0 saturated heterocycles. The number of hydrogen-bond acceptors (Lipinski definition) is 3. The molecule has 47 heavy (non-hydrogen) atoms. The third-order valence-electron chi connectivity index (χ3n) is 9.58. The third kappa shape index (κ3) is 5.88. The van der Waals surface area contributed by atoms with E-state index >= 15 is 0 Å². The molecule has 7 rings (SSSR count). The minimum atomic E-state index is -2.11. The second-order valence-electron chi connectivity index (χ2n) is 15.3. The molecule has 0 aliphatic carbocycles. The van der Waals surface area contributed by atoms with E-state index in [0.29, 0.717) is 5.75 Å². The van der Waals surface area contributed by atoms with E-state index in [4.69, 9.17) is 9.97 Å². The first-order valence-electron chi connectivity index (χ1n) is 16.1. The van der Waals surface area contributed by atoms with Crippen molar-refractivity contribution in [2.45, 2.75) is 58.9 Å². The van der Waals surface area contributed by atoms with Crippen molar-refractivity contribution in [2.24, 2.45) is 0 Å². The Hall–Kier alpha value is -3.64. The van der Waals surface area contributed by atoms with Gasteiger partial charge in [0, 0.05) is 49.6 Å². The summed E-state index contributed by atoms with van der Waals surface area (Å²) in [5, 5.41) is 17.9. The van der Waals surface area contributed by atoms with Crippen molar-refractivity contribution in [3.63, 3.8) is 0 Å². The SMILES string of the molecule is CC(C)(C)c1cc(-c2cc(-c3ccccc3)ccn2)[c-]c(-c2cc3cc([Si](C)(C)C)cc4c3c(n2)-c2c(O)cccc2[Si]4(C)C)c1.[Pt]. The van der Waals surface area contributed by atoms with Gasteiger partial charge in [0.2, 0.25) is 0 Å². The number of aromatic hydroxyl groups is 1. The van der Waals surface area contributed by atoms with E-state index < -0.39 is 16.1 Å². The van der Waals surface area contributed by atoms with Gasteiger partial charge >= 0.3 is 0 Å². The number of hydrogen-bond donors (Lipinski definition) is 1. The normalized spacial score (nSPS) is 13.6. The molecule has 0 radical (unpaired) electrons. The zero-order valence-corrected chi connectivity index (χ0v) is 32.7. The van der Waals surface area contributed by atoms with Crippen molar-refractivity contribution in [1.29, 1.82) is 0 Å². The second-order valence-corrected chi connectivity index (χ2v) is 24.7. The van der Waals surface area contributed by atoms with Crippen LogP contribution < -0.4 is 15.6 Å². The summed E-state index contributed by atoms with van der Waals surface area (Å²) in [5.74, 6) is 0.305. The van der Waals surface area contributed by atoms with Crippen molar-refractivity contribution in [1.82, 2.24) is 9.97 Å². The van der Waals surface area contributed by atoms with Gasteiger partial charge in [0.15, 0.2) is 0 Å². The molecule has 0 saturated carbocycles. The number of benzene rings is 4. The minimum Gasteiger partial charge on any atom is -0.507 e. The van der Waals surface area contributed by atoms with E-state index in [0.717, 1.165) is 44.9 Å². The van der Waals surface area contributed by atoms with Crippen LogP contribution in [0.4, 0.5) is 0 Å². The molecule has 3 nitrogen and oxygen atoms in total. The summed E-state index contributed by atoms with van der Waals surface area (Å²) in [7, 11) is -3.75. The molecule has 0 unspecified atom stereocenters. The van der Waals surface area contributed by atoms with Crippen LogP contribution in [0.5, 0.6) is 5.75 Å². The number of rotatable bonds is 4. The van der Waals surface area contributed by atoms with E-state index in [1.165, 1.54) is 31.9 Å². The summed E-state index contributed by atoms with van der Waals surface area (Å²) in [6.07, 6.45) is 1.89. The Balaban J connectivity index is 0.00000386. The maximum atomic E-state index is 11.3. The standard InChI is InChI=1S/C41H41N2OSi2.Pt/c1-41(2,3)31-20-28(33-23-27(17-18-42-33)26-13-10-9-11-14-26)19-29(21-31)34-24-30-22-32(45(4,5)6)25-37-38(30)40(43-34)39-35(44)15-12-16-36(39)46(37,7)8;/h9-18,20-25,44H,1-8H3;/q-1;. The molecule has 4 aromatic carbocycles. The van der Waals surface area contributed by atoms with Crippen molar-refractivity contribution in [2.75, 3.05) is 0 Å². The first-order valence-corrected chi connectivity index (χ1v) is 22.6. The van der Waals surface area contributed by atoms with Crippen LogP contribution in [0.15, 0.2) is 97.2 Å². The van der Waals surface area contributed by atoms with Crippen molar-refractivity contribution in [3.05, 3.63) is 109 Å². The predicted molar refractivity (Wildman–Crippen MR) is 200 cm³/mol. The number of fused-ring (bicyclic) bond motifs is 2. The maximum Gasteiger partial charge on any atom is 0.124 e. The smallest absolute Gasteiger partial charge is 0.124 e. The van der Waals surface area contributed by atoms with Crippen LogP contribution in [0.1, 0.15) is 26.3 Å². The fourth-order valence-electron chi connectivity index (χ4n) is 6.77. The number of phenols is 1. The van der Waals surface area contributed by atoms with Gasteiger partial charge in [0.1, 0.15) is 13.8 Å². The Morgan fingerprint density at radius 2 is 1.45 bits per heavy atom. The second kappa shape index (κ2) is 11.8. The number of nitrogens with zero attached hydrogens (tertiary/aromatic N) is 2. The van der Waals surface area contributed by atoms with Crippen LogP contribution in [0.3, 0.4) is 0 Å². The van der Waals surface area contributed by atoms with Gasteiger partial charge in [-0.25, -0.2) is 0 Å². The quantitative estimate of drug-likeness (QED) is 0.143. The van der Waals surface area contributed by atoms with Gasteiger partial charge in [-0.15, -0.1) is 23.8 Å². The van der Waals surface area contributed by atoms with Gasteiger partial charge < -0.3 is 5.11 Å². The summed E-state index contributed by atoms with van der Waals surface area (Å²) in [6, 6.07) is 36.0. The van der Waals surface area contributed by atoms with Gasteiger partial charge in [0.05, 0.1) is 13.8 Å². The Kier molecular flexibility index (Phi) is 8.35. The molecule has 1 N–H and O–H groups in total. The van der Waals surface area contributed by atoms with E-state index in [-0.39, 0.29) is 26.5 Å². The molecule has 1 aliphatic heterocycles. The molecule has 240 valence electrons. The van der Waals surface area contributed by atoms with Crippen LogP contribution in [0, 0.1) is 6.07 Å². The van der Waals surface area contributed by atoms with Gasteiger partial charge in [0.25, 0.3) is 0 Å². The summed E-state index contributed by atoms with van der Waals surface area (Å²) < 4.78 is 0. The molecule has 0 fully saturated rings. The molecule has 6 heteroatoms. The van der Waals surface area contributed by atoms with E-state index in [2.05, 4.69) is 132 Å². The third-order valence-corrected chi connectivity index (χ3v) is 15.1. The van der Waals surface area contributed by atoms with Crippen LogP contribution in [-0.2, 0) is 26.5 Å². The first kappa shape index (κ1) is 33.3. The van der Waals surface area contributed by atoms with E-state index in [1.807, 2.05) is 18.3 Å². The zero-order valence-electron chi connectivity index (χ0n) is 28.4. The molecule has 1 aliphatic rings. The summed E-state index contributed by atoms with van der Waals surface area (Å²) >= 11 is 0. The molecule has 0 bridgehead atoms. The van der Waals surface area contributed by atoms with Crippen LogP contribution in [-0.4, -0.2) is 31.2 Å². The van der Waals surface area contributed by atoms with Crippen LogP contribution in [0.25, 0.3) is 55.7 Å². The van der Waals surface area contributed by atoms with Gasteiger partial charge in [-0.2, -0.15) is 0 Å². The number of aromatic nitrogens is 2. The van der Waals surface area contributed by atoms with Gasteiger partial charge in [-0.05, 0) is 44.4 Å². The molecule has 3 heterocycles. The Morgan fingerprint density at radius 3 is 2.13 bits per heavy atom. The summed E-state index contributed by atoms with van der Waals surface area (Å²) in [5.41, 5.74) is 8.79. The molecule has 2 aromatic heterocycles. The molecule has 0 atom stereocenters. The van der Waals surface area contributed by atoms with Crippen LogP contribution >= 0.6 is 0 Å². The molecule has 0 spiro atoms. The Morgan fingerprint density at radius 1 is 0.745 bits per heavy atom. The van der Waals surface area contributed by atoms with Crippen molar-refractivity contribution >= 4 is 42.5 Å². The number of phenolic OH excluding ortho intramolecular Hbond substituents is 1. The van der Waals surface area contributed by atoms with E-state index in [1.54, 1.807) is 6.07 Å². The fourth-order valence-corrected chi connectivity index (χ4v) is 11.2. The van der Waals surface area contributed by atoms with Crippen molar-refractivity contribution < 1.29 is 26.2 Å². The minimum absolute atomic E-state index is 0. The van der Waals surface area contributed by atoms with Gasteiger partial charge in [-0.3, -0.25) is 9.97 Å². The predicted octanol–water partition coefficient (Wildman–Crippen LogP) is 8.78. The monoisotopic (exact) mass is 828 g/mol. The molecule has 6 aromatic rings. The molecule has 0 amide bonds. The Bertz CT molecular complexity index is 2160. The largest absolute Gasteiger partial charge is 0.507 e. The topological polar surface area (TPSA) is 46.0 Å². The summed E-state index contributed by atoms with van der Waals surface area (Å²) in [6.45, 7) is 18.8. The van der Waals surface area contributed by atoms with Crippen LogP contribution in [0.2, 0.25) is 32.7 Å². The average Bonchev–Trinajstić information content (AvgIpc) is 3.02.